The molecule has 72 valence electrons. The third-order valence-corrected chi connectivity index (χ3v) is 4.34. The average molecular weight is 305 g/mol. The van der Waals surface area contributed by atoms with Gasteiger partial charge in [0.25, 0.3) is 0 Å². The molecule has 0 bridgehead atoms. The number of rotatable bonds is 1. The normalized spacial score (nSPS) is 11.7. The first-order chi connectivity index (χ1) is 5.84. The van der Waals surface area contributed by atoms with E-state index in [9.17, 15) is 8.42 Å². The molecule has 1 aromatic carbocycles. The number of nitrogens with two attached hydrogens (primary N) is 1. The smallest absolute Gasteiger partial charge is 0.225 e. The first kappa shape index (κ1) is 11.3. The molecule has 0 spiro atoms. The molecular weight excluding hydrogens is 301 g/mol. The Morgan fingerprint density at radius 3 is 2.08 bits per heavy atom. The zero-order valence-corrected chi connectivity index (χ0v) is 10.0. The molecule has 13 heavy (non-hydrogen) atoms. The lowest BCUT2D eigenvalue weighted by molar-refractivity contribution is 0.597. The summed E-state index contributed by atoms with van der Waals surface area (Å²) in [5, 5.41) is 5.21. The van der Waals surface area contributed by atoms with Crippen LogP contribution in [0.1, 0.15) is 0 Å². The molecule has 0 aliphatic carbocycles. The maximum atomic E-state index is 11.0. The van der Waals surface area contributed by atoms with Crippen LogP contribution in [0.15, 0.2) is 21.5 Å². The van der Waals surface area contributed by atoms with Crippen molar-refractivity contribution in [1.29, 1.82) is 0 Å². The van der Waals surface area contributed by atoms with Crippen molar-refractivity contribution in [3.05, 3.63) is 26.7 Å². The van der Waals surface area contributed by atoms with Crippen molar-refractivity contribution in [3.8, 4) is 0 Å². The van der Waals surface area contributed by atoms with Crippen LogP contribution >= 0.6 is 39.1 Å². The van der Waals surface area contributed by atoms with Gasteiger partial charge in [-0.1, -0.05) is 23.2 Å². The Kier molecular flexibility index (Phi) is 3.24. The van der Waals surface area contributed by atoms with Gasteiger partial charge in [0.2, 0.25) is 10.0 Å². The van der Waals surface area contributed by atoms with Crippen molar-refractivity contribution in [2.75, 3.05) is 0 Å². The molecule has 0 heterocycles. The highest BCUT2D eigenvalue weighted by atomic mass is 79.9. The van der Waals surface area contributed by atoms with Crippen molar-refractivity contribution >= 4 is 49.2 Å². The third kappa shape index (κ3) is 2.35. The first-order valence-electron chi connectivity index (χ1n) is 3.00. The van der Waals surface area contributed by atoms with Gasteiger partial charge in [-0.25, -0.2) is 13.6 Å². The van der Waals surface area contributed by atoms with E-state index in [0.29, 0.717) is 0 Å². The number of sulfonamides is 1. The minimum Gasteiger partial charge on any atom is -0.225 e. The highest BCUT2D eigenvalue weighted by Gasteiger charge is 2.18. The van der Waals surface area contributed by atoms with Crippen LogP contribution in [0.5, 0.6) is 0 Å². The van der Waals surface area contributed by atoms with Gasteiger partial charge in [0.15, 0.2) is 0 Å². The summed E-state index contributed by atoms with van der Waals surface area (Å²) in [4.78, 5) is -0.193. The summed E-state index contributed by atoms with van der Waals surface area (Å²) < 4.78 is 22.2. The highest BCUT2D eigenvalue weighted by molar-refractivity contribution is 9.10. The Morgan fingerprint density at radius 1 is 1.23 bits per heavy atom. The van der Waals surface area contributed by atoms with Crippen LogP contribution in [0.25, 0.3) is 0 Å². The lowest BCUT2D eigenvalue weighted by Gasteiger charge is -2.05. The van der Waals surface area contributed by atoms with Gasteiger partial charge in [0, 0.05) is 0 Å². The van der Waals surface area contributed by atoms with E-state index in [2.05, 4.69) is 15.9 Å². The summed E-state index contributed by atoms with van der Waals surface area (Å²) in [5.41, 5.74) is 0. The molecule has 0 unspecified atom stereocenters. The van der Waals surface area contributed by atoms with Gasteiger partial charge in [-0.3, -0.25) is 0 Å². The monoisotopic (exact) mass is 303 g/mol. The van der Waals surface area contributed by atoms with E-state index in [1.54, 1.807) is 0 Å². The fourth-order valence-electron chi connectivity index (χ4n) is 0.769. The predicted molar refractivity (Wildman–Crippen MR) is 55.5 cm³/mol. The van der Waals surface area contributed by atoms with Crippen LogP contribution < -0.4 is 5.14 Å². The van der Waals surface area contributed by atoms with Crippen molar-refractivity contribution in [2.24, 2.45) is 5.14 Å². The minimum absolute atomic E-state index is 0.0405. The highest BCUT2D eigenvalue weighted by Crippen LogP contribution is 2.34. The van der Waals surface area contributed by atoms with Gasteiger partial charge < -0.3 is 0 Å². The van der Waals surface area contributed by atoms with Gasteiger partial charge in [0.1, 0.15) is 4.90 Å². The largest absolute Gasteiger partial charge is 0.240 e. The minimum atomic E-state index is -3.85. The van der Waals surface area contributed by atoms with Crippen LogP contribution in [0.4, 0.5) is 0 Å². The van der Waals surface area contributed by atoms with E-state index in [-0.39, 0.29) is 19.4 Å². The molecule has 1 aromatic rings. The summed E-state index contributed by atoms with van der Waals surface area (Å²) in [6, 6.07) is 2.84. The maximum Gasteiger partial charge on any atom is 0.240 e. The Hall–Kier alpha value is 0.190. The van der Waals surface area contributed by atoms with Crippen molar-refractivity contribution in [1.82, 2.24) is 0 Å². The van der Waals surface area contributed by atoms with Gasteiger partial charge in [-0.15, -0.1) is 0 Å². The summed E-state index contributed by atoms with van der Waals surface area (Å²) in [5.74, 6) is 0. The van der Waals surface area contributed by atoms with Crippen LogP contribution in [0.3, 0.4) is 0 Å². The Balaban J connectivity index is 3.62. The van der Waals surface area contributed by atoms with E-state index in [1.807, 2.05) is 0 Å². The molecular formula is C6H4BrCl2NO2S. The van der Waals surface area contributed by atoms with Gasteiger partial charge in [-0.05, 0) is 28.1 Å². The van der Waals surface area contributed by atoms with Crippen molar-refractivity contribution in [2.45, 2.75) is 4.90 Å². The third-order valence-electron chi connectivity index (χ3n) is 1.29. The van der Waals surface area contributed by atoms with Gasteiger partial charge >= 0.3 is 0 Å². The Labute approximate surface area is 94.0 Å². The van der Waals surface area contributed by atoms with E-state index in [4.69, 9.17) is 28.3 Å². The van der Waals surface area contributed by atoms with E-state index in [0.717, 1.165) is 0 Å². The van der Waals surface area contributed by atoms with Gasteiger partial charge in [0.05, 0.1) is 14.5 Å². The SMILES string of the molecule is NS(=O)(=O)c1c(Cl)ccc(Cl)c1Br. The lowest BCUT2D eigenvalue weighted by Crippen LogP contribution is -2.13. The number of hydrogen-bond acceptors (Lipinski definition) is 2. The van der Waals surface area contributed by atoms with Crippen LogP contribution in [-0.2, 0) is 10.0 Å². The van der Waals surface area contributed by atoms with E-state index >= 15 is 0 Å². The van der Waals surface area contributed by atoms with Crippen molar-refractivity contribution in [3.63, 3.8) is 0 Å². The maximum absolute atomic E-state index is 11.0. The number of primary sulfonamides is 1. The zero-order valence-electron chi connectivity index (χ0n) is 6.09. The standard InChI is InChI=1S/C6H4BrCl2NO2S/c7-5-3(8)1-2-4(9)6(5)13(10,11)12/h1-2H,(H2,10,11,12). The quantitative estimate of drug-likeness (QED) is 0.810. The van der Waals surface area contributed by atoms with Crippen LogP contribution in [-0.4, -0.2) is 8.42 Å². The molecule has 0 radical (unpaired) electrons. The average Bonchev–Trinajstić information content (AvgIpc) is 1.95. The fraction of sp³-hybridized carbons (Fsp3) is 0. The fourth-order valence-corrected chi connectivity index (χ4v) is 3.30. The second-order valence-corrected chi connectivity index (χ2v) is 5.32. The molecule has 0 saturated carbocycles. The predicted octanol–water partition coefficient (Wildman–Crippen LogP) is 2.40. The van der Waals surface area contributed by atoms with E-state index in [1.165, 1.54) is 12.1 Å². The summed E-state index contributed by atoms with van der Waals surface area (Å²) >= 11 is 14.3. The molecule has 0 aliphatic heterocycles. The van der Waals surface area contributed by atoms with Crippen LogP contribution in [0, 0.1) is 0 Å². The Morgan fingerprint density at radius 2 is 1.69 bits per heavy atom. The lowest BCUT2D eigenvalue weighted by atomic mass is 10.4. The second kappa shape index (κ2) is 3.74. The summed E-state index contributed by atoms with van der Waals surface area (Å²) in [7, 11) is -3.85. The summed E-state index contributed by atoms with van der Waals surface area (Å²) in [6.45, 7) is 0. The van der Waals surface area contributed by atoms with E-state index < -0.39 is 10.0 Å². The molecule has 0 saturated heterocycles. The molecule has 0 amide bonds. The molecule has 7 heteroatoms. The van der Waals surface area contributed by atoms with Gasteiger partial charge in [-0.2, -0.15) is 0 Å². The molecule has 0 fully saturated rings. The Bertz CT molecular complexity index is 446. The topological polar surface area (TPSA) is 60.2 Å². The molecule has 3 nitrogen and oxygen atoms in total. The second-order valence-electron chi connectivity index (χ2n) is 2.22. The molecule has 0 atom stereocenters. The molecule has 1 rings (SSSR count). The first-order valence-corrected chi connectivity index (χ1v) is 6.10. The van der Waals surface area contributed by atoms with Crippen LogP contribution in [0.2, 0.25) is 10.0 Å². The molecule has 0 aliphatic rings. The van der Waals surface area contributed by atoms with Crippen molar-refractivity contribution < 1.29 is 8.42 Å². The zero-order chi connectivity index (χ0) is 10.2. The number of benzene rings is 1. The molecule has 0 aromatic heterocycles. The molecule has 2 N–H and O–H groups in total. The number of halogens is 3. The number of hydrogen-bond donors (Lipinski definition) is 1. The summed E-state index contributed by atoms with van der Waals surface area (Å²) in [6.07, 6.45) is 0.